The number of nitrogens with zero attached hydrogens (tertiary/aromatic N) is 2. The highest BCUT2D eigenvalue weighted by Crippen LogP contribution is 2.12. The Bertz CT molecular complexity index is 316. The number of hydrogen-bond donors (Lipinski definition) is 1. The van der Waals surface area contributed by atoms with Crippen LogP contribution in [0.15, 0.2) is 11.6 Å². The lowest BCUT2D eigenvalue weighted by Crippen LogP contribution is -2.44. The van der Waals surface area contributed by atoms with E-state index in [9.17, 15) is 0 Å². The smallest absolute Gasteiger partial charge is 0.0937 e. The fourth-order valence-electron chi connectivity index (χ4n) is 2.60. The molecule has 2 rings (SSSR count). The number of thiazole rings is 1. The molecule has 0 atom stereocenters. The summed E-state index contributed by atoms with van der Waals surface area (Å²) in [4.78, 5) is 6.91. The molecule has 1 aromatic heterocycles. The summed E-state index contributed by atoms with van der Waals surface area (Å²) in [5, 5.41) is 6.98. The Hall–Kier alpha value is -0.450. The van der Waals surface area contributed by atoms with Crippen LogP contribution < -0.4 is 5.32 Å². The lowest BCUT2D eigenvalue weighted by molar-refractivity contribution is 0.180. The van der Waals surface area contributed by atoms with Gasteiger partial charge in [0.15, 0.2) is 0 Å². The van der Waals surface area contributed by atoms with E-state index >= 15 is 0 Å². The van der Waals surface area contributed by atoms with Gasteiger partial charge in [-0.2, -0.15) is 0 Å². The Labute approximate surface area is 115 Å². The van der Waals surface area contributed by atoms with Gasteiger partial charge in [-0.05, 0) is 31.8 Å². The number of hydrogen-bond acceptors (Lipinski definition) is 4. The number of nitrogens with one attached hydrogen (secondary N) is 1. The molecule has 1 aliphatic heterocycles. The normalized spacial score (nSPS) is 18.6. The first-order chi connectivity index (χ1) is 8.74. The van der Waals surface area contributed by atoms with E-state index in [0.29, 0.717) is 6.04 Å². The third-order valence-electron chi connectivity index (χ3n) is 3.47. The van der Waals surface area contributed by atoms with Crippen LogP contribution >= 0.6 is 11.3 Å². The van der Waals surface area contributed by atoms with Gasteiger partial charge in [0.2, 0.25) is 0 Å². The van der Waals surface area contributed by atoms with Crippen LogP contribution in [-0.4, -0.2) is 42.1 Å². The Morgan fingerprint density at radius 1 is 1.44 bits per heavy atom. The molecule has 1 aromatic rings. The quantitative estimate of drug-likeness (QED) is 0.858. The van der Waals surface area contributed by atoms with Crippen molar-refractivity contribution in [2.45, 2.75) is 39.2 Å². The fraction of sp³-hybridized carbons (Fsp3) is 0.786. The molecule has 1 fully saturated rings. The van der Waals surface area contributed by atoms with Crippen LogP contribution in [0.5, 0.6) is 0 Å². The van der Waals surface area contributed by atoms with Gasteiger partial charge in [0, 0.05) is 37.1 Å². The maximum atomic E-state index is 4.31. The van der Waals surface area contributed by atoms with Crippen molar-refractivity contribution in [2.24, 2.45) is 5.92 Å². The van der Waals surface area contributed by atoms with Gasteiger partial charge < -0.3 is 10.2 Å². The van der Waals surface area contributed by atoms with Gasteiger partial charge in [-0.1, -0.05) is 13.8 Å². The molecule has 2 heterocycles. The predicted octanol–water partition coefficient (Wildman–Crippen LogP) is 2.40. The Kier molecular flexibility index (Phi) is 5.60. The third kappa shape index (κ3) is 4.67. The molecule has 0 aliphatic carbocycles. The molecule has 1 aliphatic rings. The predicted molar refractivity (Wildman–Crippen MR) is 78.1 cm³/mol. The van der Waals surface area contributed by atoms with Crippen LogP contribution in [0.25, 0.3) is 0 Å². The zero-order valence-corrected chi connectivity index (χ0v) is 12.4. The van der Waals surface area contributed by atoms with Gasteiger partial charge >= 0.3 is 0 Å². The molecule has 0 spiro atoms. The van der Waals surface area contributed by atoms with Crippen molar-refractivity contribution in [3.63, 3.8) is 0 Å². The minimum absolute atomic E-state index is 0.716. The van der Waals surface area contributed by atoms with Crippen LogP contribution in [0.4, 0.5) is 0 Å². The van der Waals surface area contributed by atoms with Gasteiger partial charge in [-0.25, -0.2) is 4.98 Å². The molecule has 3 nitrogen and oxygen atoms in total. The largest absolute Gasteiger partial charge is 0.313 e. The molecule has 0 radical (unpaired) electrons. The molecule has 1 N–H and O–H groups in total. The summed E-state index contributed by atoms with van der Waals surface area (Å²) in [6.07, 6.45) is 5.56. The maximum absolute atomic E-state index is 4.31. The highest BCUT2D eigenvalue weighted by atomic mass is 32.1. The van der Waals surface area contributed by atoms with Crippen molar-refractivity contribution in [3.05, 3.63) is 16.6 Å². The molecule has 0 bridgehead atoms. The average Bonchev–Trinajstić information content (AvgIpc) is 2.84. The summed E-state index contributed by atoms with van der Waals surface area (Å²) >= 11 is 1.76. The topological polar surface area (TPSA) is 28.2 Å². The number of rotatable bonds is 6. The van der Waals surface area contributed by atoms with Crippen LogP contribution in [0.3, 0.4) is 0 Å². The second-order valence-corrected chi connectivity index (χ2v) is 6.58. The van der Waals surface area contributed by atoms with E-state index < -0.39 is 0 Å². The van der Waals surface area contributed by atoms with Crippen LogP contribution in [-0.2, 0) is 6.42 Å². The average molecular weight is 267 g/mol. The van der Waals surface area contributed by atoms with Crippen molar-refractivity contribution in [2.75, 3.05) is 26.2 Å². The Morgan fingerprint density at radius 3 is 2.83 bits per heavy atom. The van der Waals surface area contributed by atoms with Crippen molar-refractivity contribution < 1.29 is 0 Å². The standard InChI is InChI=1S/C14H25N3S/c1-12(2)11-17-8-4-13(5-9-17)15-6-3-14-16-7-10-18-14/h7,10,12-13,15H,3-6,8-9,11H2,1-2H3. The first-order valence-corrected chi connectivity index (χ1v) is 7.96. The van der Waals surface area contributed by atoms with Crippen LogP contribution in [0.1, 0.15) is 31.7 Å². The monoisotopic (exact) mass is 267 g/mol. The molecule has 0 saturated carbocycles. The highest BCUT2D eigenvalue weighted by Gasteiger charge is 2.18. The minimum atomic E-state index is 0.716. The van der Waals surface area contributed by atoms with Gasteiger partial charge in [0.05, 0.1) is 5.01 Å². The van der Waals surface area contributed by atoms with E-state index in [-0.39, 0.29) is 0 Å². The van der Waals surface area contributed by atoms with Gasteiger partial charge in [-0.3, -0.25) is 0 Å². The zero-order valence-electron chi connectivity index (χ0n) is 11.6. The SMILES string of the molecule is CC(C)CN1CCC(NCCc2nccs2)CC1. The summed E-state index contributed by atoms with van der Waals surface area (Å²) in [7, 11) is 0. The molecule has 1 saturated heterocycles. The van der Waals surface area contributed by atoms with Crippen LogP contribution in [0.2, 0.25) is 0 Å². The summed E-state index contributed by atoms with van der Waals surface area (Å²) in [6, 6.07) is 0.716. The second kappa shape index (κ2) is 7.22. The molecular formula is C14H25N3S. The molecular weight excluding hydrogens is 242 g/mol. The van der Waals surface area contributed by atoms with E-state index in [4.69, 9.17) is 0 Å². The van der Waals surface area contributed by atoms with Gasteiger partial charge in [0.1, 0.15) is 0 Å². The van der Waals surface area contributed by atoms with Crippen molar-refractivity contribution >= 4 is 11.3 Å². The van der Waals surface area contributed by atoms with E-state index in [1.807, 2.05) is 6.20 Å². The summed E-state index contributed by atoms with van der Waals surface area (Å²) < 4.78 is 0. The van der Waals surface area contributed by atoms with E-state index in [0.717, 1.165) is 18.9 Å². The fourth-order valence-corrected chi connectivity index (χ4v) is 3.22. The molecule has 102 valence electrons. The second-order valence-electron chi connectivity index (χ2n) is 5.60. The van der Waals surface area contributed by atoms with E-state index in [2.05, 4.69) is 34.4 Å². The molecule has 0 amide bonds. The van der Waals surface area contributed by atoms with Crippen molar-refractivity contribution in [3.8, 4) is 0 Å². The highest BCUT2D eigenvalue weighted by molar-refractivity contribution is 7.09. The number of likely N-dealkylation sites (tertiary alicyclic amines) is 1. The first-order valence-electron chi connectivity index (χ1n) is 7.08. The lowest BCUT2D eigenvalue weighted by Gasteiger charge is -2.33. The van der Waals surface area contributed by atoms with Gasteiger partial charge in [0.25, 0.3) is 0 Å². The molecule has 0 unspecified atom stereocenters. The Balaban J connectivity index is 1.59. The Morgan fingerprint density at radius 2 is 2.22 bits per heavy atom. The van der Waals surface area contributed by atoms with Crippen molar-refractivity contribution in [1.29, 1.82) is 0 Å². The van der Waals surface area contributed by atoms with E-state index in [1.165, 1.54) is 37.5 Å². The zero-order chi connectivity index (χ0) is 12.8. The summed E-state index contributed by atoms with van der Waals surface area (Å²) in [5.41, 5.74) is 0. The summed E-state index contributed by atoms with van der Waals surface area (Å²) in [6.45, 7) is 9.45. The lowest BCUT2D eigenvalue weighted by atomic mass is 10.0. The molecule has 4 heteroatoms. The number of piperidine rings is 1. The summed E-state index contributed by atoms with van der Waals surface area (Å²) in [5.74, 6) is 0.791. The minimum Gasteiger partial charge on any atom is -0.313 e. The maximum Gasteiger partial charge on any atom is 0.0937 e. The van der Waals surface area contributed by atoms with Gasteiger partial charge in [-0.15, -0.1) is 11.3 Å². The van der Waals surface area contributed by atoms with E-state index in [1.54, 1.807) is 11.3 Å². The third-order valence-corrected chi connectivity index (χ3v) is 4.31. The first kappa shape index (κ1) is 14.0. The van der Waals surface area contributed by atoms with Crippen LogP contribution in [0, 0.1) is 5.92 Å². The molecule has 0 aromatic carbocycles. The molecule has 18 heavy (non-hydrogen) atoms. The van der Waals surface area contributed by atoms with Crippen molar-refractivity contribution in [1.82, 2.24) is 15.2 Å². The number of aromatic nitrogens is 1.